The molecular formula is C29H39N3O4. The van der Waals surface area contributed by atoms with E-state index >= 15 is 0 Å². The number of carbonyl (C=O) groups excluding carboxylic acids is 3. The number of hydrogen-bond donors (Lipinski definition) is 2. The van der Waals surface area contributed by atoms with Crippen LogP contribution in [-0.2, 0) is 20.9 Å². The van der Waals surface area contributed by atoms with Crippen LogP contribution < -0.4 is 10.6 Å². The van der Waals surface area contributed by atoms with Crippen LogP contribution in [-0.4, -0.2) is 41.0 Å². The topological polar surface area (TPSA) is 87.7 Å². The molecule has 0 saturated heterocycles. The SMILES string of the molecule is C=CCN(C(=O)C(NC(=O)OC(C)(C)C)C(C)C)C(C(=O)NCc1ccccc1)c1ccccc1C. The molecule has 3 amide bonds. The largest absolute Gasteiger partial charge is 0.444 e. The maximum Gasteiger partial charge on any atom is 0.408 e. The summed E-state index contributed by atoms with van der Waals surface area (Å²) >= 11 is 0. The van der Waals surface area contributed by atoms with Crippen molar-refractivity contribution in [3.05, 3.63) is 83.9 Å². The Balaban J connectivity index is 2.43. The minimum atomic E-state index is -0.915. The lowest BCUT2D eigenvalue weighted by Gasteiger charge is -2.35. The van der Waals surface area contributed by atoms with E-state index in [9.17, 15) is 14.4 Å². The van der Waals surface area contributed by atoms with Crippen LogP contribution in [0.25, 0.3) is 0 Å². The normalized spacial score (nSPS) is 12.9. The van der Waals surface area contributed by atoms with Crippen LogP contribution >= 0.6 is 0 Å². The molecular weight excluding hydrogens is 454 g/mol. The summed E-state index contributed by atoms with van der Waals surface area (Å²) in [4.78, 5) is 41.6. The van der Waals surface area contributed by atoms with Gasteiger partial charge in [-0.05, 0) is 50.3 Å². The third-order valence-corrected chi connectivity index (χ3v) is 5.57. The zero-order valence-corrected chi connectivity index (χ0v) is 22.2. The molecule has 2 rings (SSSR count). The molecule has 0 aliphatic heterocycles. The summed E-state index contributed by atoms with van der Waals surface area (Å²) in [6.07, 6.45) is 0.896. The summed E-state index contributed by atoms with van der Waals surface area (Å²) in [5.41, 5.74) is 1.82. The van der Waals surface area contributed by atoms with Gasteiger partial charge in [0.05, 0.1) is 0 Å². The van der Waals surface area contributed by atoms with E-state index in [1.165, 1.54) is 4.90 Å². The molecule has 0 fully saturated rings. The first kappa shape index (κ1) is 28.6. The smallest absolute Gasteiger partial charge is 0.408 e. The van der Waals surface area contributed by atoms with Crippen molar-refractivity contribution >= 4 is 17.9 Å². The van der Waals surface area contributed by atoms with Crippen molar-refractivity contribution in [2.45, 2.75) is 65.8 Å². The summed E-state index contributed by atoms with van der Waals surface area (Å²) in [5.74, 6) is -0.954. The first-order valence-electron chi connectivity index (χ1n) is 12.2. The minimum Gasteiger partial charge on any atom is -0.444 e. The Hall–Kier alpha value is -3.61. The van der Waals surface area contributed by atoms with Crippen molar-refractivity contribution in [3.8, 4) is 0 Å². The van der Waals surface area contributed by atoms with E-state index in [2.05, 4.69) is 17.2 Å². The number of nitrogens with one attached hydrogen (secondary N) is 2. The van der Waals surface area contributed by atoms with Crippen molar-refractivity contribution in [3.63, 3.8) is 0 Å². The first-order chi connectivity index (χ1) is 16.9. The van der Waals surface area contributed by atoms with Crippen LogP contribution in [0.1, 0.15) is 57.4 Å². The van der Waals surface area contributed by atoms with Gasteiger partial charge < -0.3 is 20.3 Å². The second kappa shape index (κ2) is 12.9. The molecule has 0 saturated carbocycles. The van der Waals surface area contributed by atoms with Gasteiger partial charge in [0.25, 0.3) is 0 Å². The third-order valence-electron chi connectivity index (χ3n) is 5.57. The van der Waals surface area contributed by atoms with Crippen molar-refractivity contribution in [1.82, 2.24) is 15.5 Å². The van der Waals surface area contributed by atoms with Crippen LogP contribution in [0.2, 0.25) is 0 Å². The highest BCUT2D eigenvalue weighted by Crippen LogP contribution is 2.26. The predicted molar refractivity (Wildman–Crippen MR) is 142 cm³/mol. The van der Waals surface area contributed by atoms with E-state index in [1.54, 1.807) is 26.8 Å². The molecule has 0 aliphatic rings. The standard InChI is InChI=1S/C29H39N3O4/c1-8-18-32(27(34)24(20(2)3)31-28(35)36-29(5,6)7)25(23-17-13-12-14-21(23)4)26(33)30-19-22-15-10-9-11-16-22/h8-17,20,24-25H,1,18-19H2,2-7H3,(H,30,33)(H,31,35). The number of aryl methyl sites for hydroxylation is 1. The third kappa shape index (κ3) is 8.26. The Morgan fingerprint density at radius 3 is 2.19 bits per heavy atom. The van der Waals surface area contributed by atoms with E-state index in [0.717, 1.165) is 11.1 Å². The summed E-state index contributed by atoms with van der Waals surface area (Å²) < 4.78 is 5.39. The summed E-state index contributed by atoms with van der Waals surface area (Å²) in [6, 6.07) is 15.2. The van der Waals surface area contributed by atoms with Gasteiger partial charge in [0.2, 0.25) is 11.8 Å². The fourth-order valence-corrected chi connectivity index (χ4v) is 3.81. The molecule has 2 N–H and O–H groups in total. The predicted octanol–water partition coefficient (Wildman–Crippen LogP) is 4.92. The molecule has 7 nitrogen and oxygen atoms in total. The maximum atomic E-state index is 13.9. The number of ether oxygens (including phenoxy) is 1. The zero-order valence-electron chi connectivity index (χ0n) is 22.2. The average Bonchev–Trinajstić information content (AvgIpc) is 2.81. The van der Waals surface area contributed by atoms with Crippen molar-refractivity contribution in [2.75, 3.05) is 6.54 Å². The van der Waals surface area contributed by atoms with Crippen LogP contribution in [0.5, 0.6) is 0 Å². The highest BCUT2D eigenvalue weighted by Gasteiger charge is 2.37. The lowest BCUT2D eigenvalue weighted by atomic mass is 9.96. The van der Waals surface area contributed by atoms with Gasteiger partial charge >= 0.3 is 6.09 Å². The molecule has 2 aromatic carbocycles. The van der Waals surface area contributed by atoms with Crippen molar-refractivity contribution in [2.24, 2.45) is 5.92 Å². The summed E-state index contributed by atoms with van der Waals surface area (Å²) in [7, 11) is 0. The lowest BCUT2D eigenvalue weighted by Crippen LogP contribution is -2.55. The number of carbonyl (C=O) groups is 3. The van der Waals surface area contributed by atoms with Crippen LogP contribution in [0.4, 0.5) is 4.79 Å². The van der Waals surface area contributed by atoms with E-state index in [0.29, 0.717) is 12.1 Å². The van der Waals surface area contributed by atoms with Gasteiger partial charge in [-0.1, -0.05) is 74.5 Å². The second-order valence-corrected chi connectivity index (χ2v) is 10.1. The number of nitrogens with zero attached hydrogens (tertiary/aromatic N) is 1. The molecule has 2 aromatic rings. The van der Waals surface area contributed by atoms with Gasteiger partial charge in [-0.2, -0.15) is 0 Å². The fourth-order valence-electron chi connectivity index (χ4n) is 3.81. The molecule has 2 unspecified atom stereocenters. The highest BCUT2D eigenvalue weighted by molar-refractivity contribution is 5.92. The highest BCUT2D eigenvalue weighted by atomic mass is 16.6. The molecule has 194 valence electrons. The summed E-state index contributed by atoms with van der Waals surface area (Å²) in [5, 5.41) is 5.69. The fraction of sp³-hybridized carbons (Fsp3) is 0.414. The second-order valence-electron chi connectivity index (χ2n) is 10.1. The molecule has 0 aliphatic carbocycles. The van der Waals surface area contributed by atoms with Gasteiger partial charge in [0.15, 0.2) is 0 Å². The van der Waals surface area contributed by atoms with Gasteiger partial charge in [-0.25, -0.2) is 4.79 Å². The Bertz CT molecular complexity index is 1040. The van der Waals surface area contributed by atoms with E-state index in [-0.39, 0.29) is 24.3 Å². The van der Waals surface area contributed by atoms with Gasteiger partial charge in [0.1, 0.15) is 17.7 Å². The monoisotopic (exact) mass is 493 g/mol. The Kier molecular flexibility index (Phi) is 10.3. The van der Waals surface area contributed by atoms with Gasteiger partial charge in [0, 0.05) is 13.1 Å². The molecule has 0 heterocycles. The molecule has 36 heavy (non-hydrogen) atoms. The summed E-state index contributed by atoms with van der Waals surface area (Å²) in [6.45, 7) is 15.1. The Labute approximate surface area is 214 Å². The van der Waals surface area contributed by atoms with E-state index in [4.69, 9.17) is 4.74 Å². The minimum absolute atomic E-state index is 0.121. The molecule has 7 heteroatoms. The number of alkyl carbamates (subject to hydrolysis) is 1. The van der Waals surface area contributed by atoms with Crippen LogP contribution in [0, 0.1) is 12.8 Å². The molecule has 0 spiro atoms. The van der Waals surface area contributed by atoms with Crippen LogP contribution in [0.15, 0.2) is 67.3 Å². The quantitative estimate of drug-likeness (QED) is 0.460. The molecule has 0 aromatic heterocycles. The van der Waals surface area contributed by atoms with Crippen molar-refractivity contribution in [1.29, 1.82) is 0 Å². The number of benzene rings is 2. The first-order valence-corrected chi connectivity index (χ1v) is 12.2. The van der Waals surface area contributed by atoms with Crippen LogP contribution in [0.3, 0.4) is 0 Å². The molecule has 2 atom stereocenters. The van der Waals surface area contributed by atoms with Crippen molar-refractivity contribution < 1.29 is 19.1 Å². The van der Waals surface area contributed by atoms with E-state index < -0.39 is 23.8 Å². The number of hydrogen-bond acceptors (Lipinski definition) is 4. The number of rotatable bonds is 10. The molecule has 0 radical (unpaired) electrons. The lowest BCUT2D eigenvalue weighted by molar-refractivity contribution is -0.142. The Morgan fingerprint density at radius 1 is 1.03 bits per heavy atom. The van der Waals surface area contributed by atoms with Gasteiger partial charge in [-0.15, -0.1) is 6.58 Å². The molecule has 0 bridgehead atoms. The van der Waals surface area contributed by atoms with E-state index in [1.807, 2.05) is 75.4 Å². The zero-order chi connectivity index (χ0) is 26.9. The maximum absolute atomic E-state index is 13.9. The Morgan fingerprint density at radius 2 is 1.64 bits per heavy atom. The number of amides is 3. The van der Waals surface area contributed by atoms with Gasteiger partial charge in [-0.3, -0.25) is 9.59 Å². The average molecular weight is 494 g/mol.